The molecule has 0 unspecified atom stereocenters. The Balaban J connectivity index is 1.43. The molecule has 1 aliphatic carbocycles. The van der Waals surface area contributed by atoms with Crippen molar-refractivity contribution in [2.75, 3.05) is 32.7 Å². The molecule has 0 spiro atoms. The Kier molecular flexibility index (Phi) is 7.29. The molecule has 0 aromatic heterocycles. The first-order valence-corrected chi connectivity index (χ1v) is 13.6. The van der Waals surface area contributed by atoms with Crippen LogP contribution >= 0.6 is 0 Å². The van der Waals surface area contributed by atoms with Gasteiger partial charge in [-0.05, 0) is 48.2 Å². The molecule has 0 radical (unpaired) electrons. The van der Waals surface area contributed by atoms with Crippen LogP contribution in [0.15, 0.2) is 53.4 Å². The summed E-state index contributed by atoms with van der Waals surface area (Å²) in [5, 5.41) is 12.5. The number of hydrogen-bond acceptors (Lipinski definition) is 6. The number of sulfonamides is 1. The van der Waals surface area contributed by atoms with E-state index < -0.39 is 21.6 Å². The SMILES string of the molecule is CC[C@H](N)C(=O)N[C@]1(C#N)C[C@@H]1c1ccc(-c2ccc(S(=O)(=O)N3CCN(CC)CC3)cc2)cc1. The highest BCUT2D eigenvalue weighted by Gasteiger charge is 2.57. The molecule has 9 heteroatoms. The number of likely N-dealkylation sites (N-methyl/N-ethyl adjacent to an activating group) is 1. The Morgan fingerprint density at radius 1 is 1.09 bits per heavy atom. The molecular formula is C26H33N5O3S. The molecule has 3 atom stereocenters. The monoisotopic (exact) mass is 495 g/mol. The molecule has 2 aliphatic rings. The minimum absolute atomic E-state index is 0.0738. The molecule has 2 fully saturated rings. The van der Waals surface area contributed by atoms with Gasteiger partial charge in [0.15, 0.2) is 0 Å². The third-order valence-electron chi connectivity index (χ3n) is 7.20. The van der Waals surface area contributed by atoms with Crippen LogP contribution in [0.5, 0.6) is 0 Å². The van der Waals surface area contributed by atoms with Gasteiger partial charge in [-0.3, -0.25) is 4.79 Å². The molecule has 0 bridgehead atoms. The van der Waals surface area contributed by atoms with Gasteiger partial charge in [0.25, 0.3) is 0 Å². The van der Waals surface area contributed by atoms with Gasteiger partial charge in [-0.25, -0.2) is 8.42 Å². The molecule has 3 N–H and O–H groups in total. The molecule has 1 saturated heterocycles. The van der Waals surface area contributed by atoms with Gasteiger partial charge in [0.2, 0.25) is 15.9 Å². The molecule has 1 aliphatic heterocycles. The quantitative estimate of drug-likeness (QED) is 0.580. The lowest BCUT2D eigenvalue weighted by Crippen LogP contribution is -2.48. The lowest BCUT2D eigenvalue weighted by molar-refractivity contribution is -0.123. The number of benzene rings is 2. The molecule has 35 heavy (non-hydrogen) atoms. The van der Waals surface area contributed by atoms with Crippen LogP contribution in [0.1, 0.15) is 38.2 Å². The number of carbonyl (C=O) groups excluding carboxylic acids is 1. The van der Waals surface area contributed by atoms with E-state index in [-0.39, 0.29) is 11.8 Å². The fourth-order valence-corrected chi connectivity index (χ4v) is 6.04. The minimum Gasteiger partial charge on any atom is -0.336 e. The van der Waals surface area contributed by atoms with Crippen LogP contribution in [0.4, 0.5) is 0 Å². The largest absolute Gasteiger partial charge is 0.336 e. The standard InChI is InChI=1S/C26H33N5O3S/c1-3-24(28)25(32)29-26(18-27)17-23(26)21-7-5-19(6-8-21)20-9-11-22(12-10-20)35(33,34)31-15-13-30(4-2)14-16-31/h5-12,23-24H,3-4,13-17,28H2,1-2H3,(H,29,32)/t23-,24+,26+/m1/s1. The van der Waals surface area contributed by atoms with E-state index in [1.807, 2.05) is 43.3 Å². The fraction of sp³-hybridized carbons (Fsp3) is 0.462. The highest BCUT2D eigenvalue weighted by Crippen LogP contribution is 2.51. The Labute approximate surface area is 207 Å². The summed E-state index contributed by atoms with van der Waals surface area (Å²) in [6, 6.07) is 16.5. The first-order chi connectivity index (χ1) is 16.7. The van der Waals surface area contributed by atoms with E-state index in [0.29, 0.717) is 30.8 Å². The van der Waals surface area contributed by atoms with Gasteiger partial charge in [-0.2, -0.15) is 9.57 Å². The molecule has 2 aromatic carbocycles. The van der Waals surface area contributed by atoms with E-state index in [2.05, 4.69) is 23.2 Å². The van der Waals surface area contributed by atoms with Crippen molar-refractivity contribution in [3.63, 3.8) is 0 Å². The van der Waals surface area contributed by atoms with Crippen molar-refractivity contribution < 1.29 is 13.2 Å². The number of rotatable bonds is 8. The number of piperazine rings is 1. The van der Waals surface area contributed by atoms with Gasteiger partial charge in [0.05, 0.1) is 17.0 Å². The molecule has 1 heterocycles. The van der Waals surface area contributed by atoms with Gasteiger partial charge in [-0.15, -0.1) is 0 Å². The van der Waals surface area contributed by atoms with Gasteiger partial charge < -0.3 is 16.0 Å². The average Bonchev–Trinajstić information content (AvgIpc) is 3.62. The summed E-state index contributed by atoms with van der Waals surface area (Å²) < 4.78 is 27.6. The van der Waals surface area contributed by atoms with E-state index in [1.54, 1.807) is 16.4 Å². The van der Waals surface area contributed by atoms with Crippen molar-refractivity contribution >= 4 is 15.9 Å². The maximum atomic E-state index is 13.0. The van der Waals surface area contributed by atoms with E-state index in [4.69, 9.17) is 5.73 Å². The maximum absolute atomic E-state index is 13.0. The Bertz CT molecular complexity index is 1200. The molecule has 1 saturated carbocycles. The smallest absolute Gasteiger partial charge is 0.243 e. The van der Waals surface area contributed by atoms with Crippen LogP contribution in [0.3, 0.4) is 0 Å². The lowest BCUT2D eigenvalue weighted by Gasteiger charge is -2.33. The first-order valence-electron chi connectivity index (χ1n) is 12.2. The third kappa shape index (κ3) is 5.11. The van der Waals surface area contributed by atoms with Crippen LogP contribution in [-0.4, -0.2) is 67.8 Å². The number of nitriles is 1. The Morgan fingerprint density at radius 2 is 1.66 bits per heavy atom. The number of amides is 1. The Hall–Kier alpha value is -2.77. The van der Waals surface area contributed by atoms with Gasteiger partial charge in [-0.1, -0.05) is 50.2 Å². The second-order valence-corrected chi connectivity index (χ2v) is 11.3. The van der Waals surface area contributed by atoms with Crippen molar-refractivity contribution in [1.29, 1.82) is 5.26 Å². The van der Waals surface area contributed by atoms with Gasteiger partial charge >= 0.3 is 0 Å². The molecule has 1 amide bonds. The first kappa shape index (κ1) is 25.3. The van der Waals surface area contributed by atoms with Crippen LogP contribution in [0.2, 0.25) is 0 Å². The number of nitrogens with two attached hydrogens (primary N) is 1. The predicted octanol–water partition coefficient (Wildman–Crippen LogP) is 2.28. The zero-order valence-corrected chi connectivity index (χ0v) is 21.1. The van der Waals surface area contributed by atoms with E-state index in [9.17, 15) is 18.5 Å². The number of nitrogens with one attached hydrogen (secondary N) is 1. The van der Waals surface area contributed by atoms with E-state index in [0.717, 1.165) is 36.3 Å². The van der Waals surface area contributed by atoms with Crippen molar-refractivity contribution in [2.24, 2.45) is 5.73 Å². The highest BCUT2D eigenvalue weighted by molar-refractivity contribution is 7.89. The highest BCUT2D eigenvalue weighted by atomic mass is 32.2. The van der Waals surface area contributed by atoms with E-state index >= 15 is 0 Å². The van der Waals surface area contributed by atoms with Crippen molar-refractivity contribution in [3.05, 3.63) is 54.1 Å². The van der Waals surface area contributed by atoms with Crippen LogP contribution < -0.4 is 11.1 Å². The zero-order valence-electron chi connectivity index (χ0n) is 20.3. The zero-order chi connectivity index (χ0) is 25.2. The fourth-order valence-electron chi connectivity index (χ4n) is 4.62. The Morgan fingerprint density at radius 3 is 2.17 bits per heavy atom. The summed E-state index contributed by atoms with van der Waals surface area (Å²) in [5.41, 5.74) is 7.75. The topological polar surface area (TPSA) is 120 Å². The second kappa shape index (κ2) is 10.1. The average molecular weight is 496 g/mol. The number of carbonyl (C=O) groups is 1. The third-order valence-corrected chi connectivity index (χ3v) is 9.11. The molecule has 186 valence electrons. The van der Waals surface area contributed by atoms with Crippen molar-refractivity contribution in [2.45, 2.75) is 49.1 Å². The van der Waals surface area contributed by atoms with Gasteiger partial charge in [0.1, 0.15) is 5.54 Å². The lowest BCUT2D eigenvalue weighted by atomic mass is 10.0. The summed E-state index contributed by atoms with van der Waals surface area (Å²) in [5.74, 6) is -0.370. The second-order valence-electron chi connectivity index (χ2n) is 9.33. The number of hydrogen-bond donors (Lipinski definition) is 2. The molecule has 2 aromatic rings. The van der Waals surface area contributed by atoms with Crippen molar-refractivity contribution in [3.8, 4) is 17.2 Å². The maximum Gasteiger partial charge on any atom is 0.243 e. The summed E-state index contributed by atoms with van der Waals surface area (Å²) in [7, 11) is -3.50. The summed E-state index contributed by atoms with van der Waals surface area (Å²) in [6.45, 7) is 7.38. The molecule has 4 rings (SSSR count). The van der Waals surface area contributed by atoms with Crippen LogP contribution in [-0.2, 0) is 14.8 Å². The van der Waals surface area contributed by atoms with E-state index in [1.165, 1.54) is 0 Å². The minimum atomic E-state index is -3.50. The summed E-state index contributed by atoms with van der Waals surface area (Å²) >= 11 is 0. The summed E-state index contributed by atoms with van der Waals surface area (Å²) in [4.78, 5) is 14.7. The van der Waals surface area contributed by atoms with Crippen molar-refractivity contribution in [1.82, 2.24) is 14.5 Å². The van der Waals surface area contributed by atoms with Crippen LogP contribution in [0.25, 0.3) is 11.1 Å². The van der Waals surface area contributed by atoms with Crippen LogP contribution in [0, 0.1) is 11.3 Å². The van der Waals surface area contributed by atoms with Gasteiger partial charge in [0, 0.05) is 32.1 Å². The molecule has 8 nitrogen and oxygen atoms in total. The normalized spacial score (nSPS) is 23.9. The molecular weight excluding hydrogens is 462 g/mol. The predicted molar refractivity (Wildman–Crippen MR) is 135 cm³/mol. The number of nitrogens with zero attached hydrogens (tertiary/aromatic N) is 3. The summed E-state index contributed by atoms with van der Waals surface area (Å²) in [6.07, 6.45) is 1.08.